The van der Waals surface area contributed by atoms with Crippen molar-refractivity contribution in [3.05, 3.63) is 52.6 Å². The molecule has 0 radical (unpaired) electrons. The van der Waals surface area contributed by atoms with Crippen molar-refractivity contribution in [1.82, 2.24) is 4.98 Å². The lowest BCUT2D eigenvalue weighted by Gasteiger charge is -2.17. The molecule has 1 amide bonds. The number of nitrogens with zero attached hydrogens (tertiary/aromatic N) is 3. The predicted molar refractivity (Wildman–Crippen MR) is 137 cm³/mol. The highest BCUT2D eigenvalue weighted by Crippen LogP contribution is 2.56. The number of aromatic nitrogens is 1. The highest BCUT2D eigenvalue weighted by molar-refractivity contribution is 7.99. The second-order valence-corrected chi connectivity index (χ2v) is 10.8. The Morgan fingerprint density at radius 1 is 1.39 bits per heavy atom. The zero-order valence-corrected chi connectivity index (χ0v) is 21.1. The molecule has 1 unspecified atom stereocenters. The molecule has 176 valence electrons. The topological polar surface area (TPSA) is 45.6 Å². The summed E-state index contributed by atoms with van der Waals surface area (Å²) in [5.41, 5.74) is 3.21. The molecule has 4 nitrogen and oxygen atoms in total. The molecule has 2 aromatic rings. The first-order chi connectivity index (χ1) is 15.9. The fraction of sp³-hybridized carbons (Fsp3) is 0.500. The number of hydrogen-bond donors (Lipinski definition) is 0. The minimum Gasteiger partial charge on any atom is -0.304 e. The molecule has 2 fully saturated rings. The van der Waals surface area contributed by atoms with Crippen LogP contribution in [-0.4, -0.2) is 34.7 Å². The van der Waals surface area contributed by atoms with E-state index in [2.05, 4.69) is 28.7 Å². The maximum absolute atomic E-state index is 13.8. The summed E-state index contributed by atoms with van der Waals surface area (Å²) in [7, 11) is 0. The zero-order chi connectivity index (χ0) is 23.6. The van der Waals surface area contributed by atoms with E-state index in [-0.39, 0.29) is 17.1 Å². The van der Waals surface area contributed by atoms with Gasteiger partial charge >= 0.3 is 0 Å². The largest absolute Gasteiger partial charge is 0.304 e. The van der Waals surface area contributed by atoms with E-state index in [9.17, 15) is 9.18 Å². The highest BCUT2D eigenvalue weighted by atomic mass is 35.5. The van der Waals surface area contributed by atoms with Crippen molar-refractivity contribution in [3.63, 3.8) is 0 Å². The molecule has 1 spiro atoms. The van der Waals surface area contributed by atoms with Gasteiger partial charge in [-0.15, -0.1) is 0 Å². The van der Waals surface area contributed by atoms with Crippen LogP contribution in [-0.2, 0) is 10.2 Å². The number of pyridine rings is 1. The molecular weight excluding hydrogens is 457 g/mol. The van der Waals surface area contributed by atoms with Crippen LogP contribution in [0.1, 0.15) is 57.1 Å². The number of amides is 1. The van der Waals surface area contributed by atoms with E-state index in [4.69, 9.17) is 11.6 Å². The first-order valence-corrected chi connectivity index (χ1v) is 13.2. The van der Waals surface area contributed by atoms with Crippen LogP contribution in [0, 0.1) is 18.7 Å². The highest BCUT2D eigenvalue weighted by Gasteiger charge is 2.59. The third-order valence-corrected chi connectivity index (χ3v) is 8.16. The number of thioether (sulfide) groups is 1. The summed E-state index contributed by atoms with van der Waals surface area (Å²) in [4.78, 5) is 23.3. The molecule has 5 rings (SSSR count). The van der Waals surface area contributed by atoms with Gasteiger partial charge in [0.2, 0.25) is 5.91 Å². The van der Waals surface area contributed by atoms with E-state index in [1.165, 1.54) is 36.8 Å². The SMILES string of the molecule is CC(CN1C(=O)C2(CC2)c2ccncc21)=Nc1cc(Cl)cc(F)c1C.CCCC1CCSC1. The summed E-state index contributed by atoms with van der Waals surface area (Å²) in [6.45, 7) is 6.13. The van der Waals surface area contributed by atoms with Crippen molar-refractivity contribution >= 4 is 46.4 Å². The molecule has 1 atom stereocenters. The van der Waals surface area contributed by atoms with Gasteiger partial charge in [-0.2, -0.15) is 11.8 Å². The molecule has 1 aromatic carbocycles. The van der Waals surface area contributed by atoms with Crippen LogP contribution in [0.5, 0.6) is 0 Å². The average Bonchev–Trinajstić information content (AvgIpc) is 3.38. The average molecular weight is 488 g/mol. The standard InChI is InChI=1S/C19H17ClFN3O.C7H14S/c1-11(23-16-8-13(20)7-15(21)12(16)2)10-24-17-9-22-6-3-14(17)19(4-5-19)18(24)25;1-2-3-7-4-5-8-6-7/h3,6-9H,4-5,10H2,1-2H3;7H,2-6H2,1H3. The number of carbonyl (C=O) groups is 1. The monoisotopic (exact) mass is 487 g/mol. The Balaban J connectivity index is 0.000000275. The predicted octanol–water partition coefficient (Wildman–Crippen LogP) is 6.89. The lowest BCUT2D eigenvalue weighted by atomic mass is 9.99. The van der Waals surface area contributed by atoms with Gasteiger partial charge < -0.3 is 4.90 Å². The Morgan fingerprint density at radius 3 is 2.85 bits per heavy atom. The summed E-state index contributed by atoms with van der Waals surface area (Å²) >= 11 is 8.05. The number of benzene rings is 1. The number of hydrogen-bond acceptors (Lipinski definition) is 4. The van der Waals surface area contributed by atoms with Crippen molar-refractivity contribution in [3.8, 4) is 0 Å². The molecule has 0 bridgehead atoms. The molecule has 7 heteroatoms. The zero-order valence-electron chi connectivity index (χ0n) is 19.5. The van der Waals surface area contributed by atoms with E-state index < -0.39 is 0 Å². The molecule has 3 heterocycles. The summed E-state index contributed by atoms with van der Waals surface area (Å²) in [6, 6.07) is 4.84. The van der Waals surface area contributed by atoms with Crippen LogP contribution in [0.4, 0.5) is 15.8 Å². The molecule has 1 aliphatic carbocycles. The van der Waals surface area contributed by atoms with Gasteiger partial charge in [0, 0.05) is 22.5 Å². The van der Waals surface area contributed by atoms with E-state index in [0.29, 0.717) is 28.5 Å². The minimum atomic E-state index is -0.386. The van der Waals surface area contributed by atoms with Crippen molar-refractivity contribution in [1.29, 1.82) is 0 Å². The van der Waals surface area contributed by atoms with Gasteiger partial charge in [0.1, 0.15) is 5.82 Å². The quantitative estimate of drug-likeness (QED) is 0.431. The van der Waals surface area contributed by atoms with E-state index in [1.807, 2.05) is 13.0 Å². The van der Waals surface area contributed by atoms with Crippen molar-refractivity contribution in [2.45, 2.75) is 58.3 Å². The molecule has 1 saturated carbocycles. The van der Waals surface area contributed by atoms with E-state index in [1.54, 1.807) is 30.3 Å². The van der Waals surface area contributed by atoms with Gasteiger partial charge in [0.25, 0.3) is 0 Å². The van der Waals surface area contributed by atoms with Crippen molar-refractivity contribution < 1.29 is 9.18 Å². The molecule has 1 aromatic heterocycles. The summed E-state index contributed by atoms with van der Waals surface area (Å²) in [5.74, 6) is 3.66. The molecular formula is C26H31ClFN3OS. The van der Waals surface area contributed by atoms with Crippen LogP contribution in [0.2, 0.25) is 5.02 Å². The normalized spacial score (nSPS) is 20.6. The third-order valence-electron chi connectivity index (χ3n) is 6.71. The number of aliphatic imine (C=N–C) groups is 1. The number of carbonyl (C=O) groups excluding carboxylic acids is 1. The molecule has 1 saturated heterocycles. The number of fused-ring (bicyclic) bond motifs is 2. The first kappa shape index (κ1) is 24.2. The van der Waals surface area contributed by atoms with Crippen LogP contribution in [0.15, 0.2) is 35.6 Å². The number of anilines is 1. The number of rotatable bonds is 5. The second kappa shape index (κ2) is 10.1. The Labute approximate surface area is 205 Å². The summed E-state index contributed by atoms with van der Waals surface area (Å²) in [6.07, 6.45) is 9.56. The van der Waals surface area contributed by atoms with Crippen LogP contribution >= 0.6 is 23.4 Å². The van der Waals surface area contributed by atoms with Crippen LogP contribution in [0.3, 0.4) is 0 Å². The first-order valence-electron chi connectivity index (χ1n) is 11.7. The van der Waals surface area contributed by atoms with Gasteiger partial charge in [-0.05, 0) is 80.7 Å². The minimum absolute atomic E-state index is 0.110. The van der Waals surface area contributed by atoms with Crippen molar-refractivity contribution in [2.24, 2.45) is 10.9 Å². The van der Waals surface area contributed by atoms with Gasteiger partial charge in [0.05, 0.1) is 29.5 Å². The lowest BCUT2D eigenvalue weighted by molar-refractivity contribution is -0.120. The smallest absolute Gasteiger partial charge is 0.238 e. The Hall–Kier alpha value is -1.92. The maximum atomic E-state index is 13.8. The van der Waals surface area contributed by atoms with Gasteiger partial charge in [-0.25, -0.2) is 4.39 Å². The summed E-state index contributed by atoms with van der Waals surface area (Å²) < 4.78 is 13.8. The third kappa shape index (κ3) is 5.12. The fourth-order valence-corrected chi connectivity index (χ4v) is 6.22. The van der Waals surface area contributed by atoms with Crippen molar-refractivity contribution in [2.75, 3.05) is 23.0 Å². The van der Waals surface area contributed by atoms with Crippen LogP contribution < -0.4 is 4.90 Å². The summed E-state index contributed by atoms with van der Waals surface area (Å²) in [5, 5.41) is 0.304. The van der Waals surface area contributed by atoms with Gasteiger partial charge in [-0.3, -0.25) is 14.8 Å². The van der Waals surface area contributed by atoms with E-state index in [0.717, 1.165) is 30.0 Å². The van der Waals surface area contributed by atoms with E-state index >= 15 is 0 Å². The number of halogens is 2. The molecule has 0 N–H and O–H groups in total. The Morgan fingerprint density at radius 2 is 2.18 bits per heavy atom. The second-order valence-electron chi connectivity index (χ2n) is 9.26. The molecule has 33 heavy (non-hydrogen) atoms. The van der Waals surface area contributed by atoms with Gasteiger partial charge in [-0.1, -0.05) is 24.9 Å². The molecule has 3 aliphatic rings. The lowest BCUT2D eigenvalue weighted by Crippen LogP contribution is -2.35. The van der Waals surface area contributed by atoms with Gasteiger partial charge in [0.15, 0.2) is 0 Å². The maximum Gasteiger partial charge on any atom is 0.238 e. The molecule has 2 aliphatic heterocycles. The Kier molecular flexibility index (Phi) is 7.44. The Bertz CT molecular complexity index is 1060. The fourth-order valence-electron chi connectivity index (χ4n) is 4.69. The van der Waals surface area contributed by atoms with Crippen LogP contribution in [0.25, 0.3) is 0 Å².